The third-order valence-electron chi connectivity index (χ3n) is 2.94. The van der Waals surface area contributed by atoms with Crippen LogP contribution < -0.4 is 0 Å². The molecule has 0 unspecified atom stereocenters. The lowest BCUT2D eigenvalue weighted by Gasteiger charge is -2.37. The molecule has 1 aliphatic heterocycles. The van der Waals surface area contributed by atoms with E-state index in [0.29, 0.717) is 12.2 Å². The smallest absolute Gasteiger partial charge is 0.141 e. The number of ketones is 1. The van der Waals surface area contributed by atoms with Crippen molar-refractivity contribution in [1.82, 2.24) is 0 Å². The summed E-state index contributed by atoms with van der Waals surface area (Å²) in [6, 6.07) is 0. The standard InChI is InChI=1S/C10H16O2/c1-10(2)6-8(11)7-4-3-5-9(7)12-10/h7,9H,3-6H2,1-2H3/t7-,9-/m1/s1. The van der Waals surface area contributed by atoms with Crippen LogP contribution in [0.5, 0.6) is 0 Å². The van der Waals surface area contributed by atoms with E-state index in [4.69, 9.17) is 4.74 Å². The van der Waals surface area contributed by atoms with E-state index >= 15 is 0 Å². The van der Waals surface area contributed by atoms with E-state index in [0.717, 1.165) is 19.3 Å². The Morgan fingerprint density at radius 3 is 2.92 bits per heavy atom. The first-order chi connectivity index (χ1) is 5.58. The van der Waals surface area contributed by atoms with Crippen LogP contribution in [-0.2, 0) is 9.53 Å². The van der Waals surface area contributed by atoms with Gasteiger partial charge in [-0.05, 0) is 26.7 Å². The summed E-state index contributed by atoms with van der Waals surface area (Å²) in [6.45, 7) is 4.03. The molecule has 2 nitrogen and oxygen atoms in total. The summed E-state index contributed by atoms with van der Waals surface area (Å²) in [7, 11) is 0. The van der Waals surface area contributed by atoms with Crippen molar-refractivity contribution in [3.63, 3.8) is 0 Å². The first-order valence-corrected chi connectivity index (χ1v) is 4.79. The predicted molar refractivity (Wildman–Crippen MR) is 45.9 cm³/mol. The van der Waals surface area contributed by atoms with Gasteiger partial charge in [-0.3, -0.25) is 4.79 Å². The Bertz CT molecular complexity index is 208. The lowest BCUT2D eigenvalue weighted by atomic mass is 9.87. The summed E-state index contributed by atoms with van der Waals surface area (Å²) >= 11 is 0. The molecule has 2 rings (SSSR count). The van der Waals surface area contributed by atoms with Gasteiger partial charge in [0.25, 0.3) is 0 Å². The summed E-state index contributed by atoms with van der Waals surface area (Å²) in [6.07, 6.45) is 4.14. The average Bonchev–Trinajstić information content (AvgIpc) is 2.31. The zero-order chi connectivity index (χ0) is 8.77. The zero-order valence-corrected chi connectivity index (χ0v) is 7.80. The molecule has 0 spiro atoms. The summed E-state index contributed by atoms with van der Waals surface area (Å²) in [5.41, 5.74) is -0.206. The van der Waals surface area contributed by atoms with Crippen LogP contribution in [-0.4, -0.2) is 17.5 Å². The summed E-state index contributed by atoms with van der Waals surface area (Å²) < 4.78 is 5.85. The van der Waals surface area contributed by atoms with E-state index in [-0.39, 0.29) is 17.6 Å². The van der Waals surface area contributed by atoms with E-state index < -0.39 is 0 Å². The van der Waals surface area contributed by atoms with Crippen molar-refractivity contribution in [2.45, 2.75) is 51.2 Å². The van der Waals surface area contributed by atoms with Crippen molar-refractivity contribution in [3.05, 3.63) is 0 Å². The van der Waals surface area contributed by atoms with Crippen molar-refractivity contribution < 1.29 is 9.53 Å². The Balaban J connectivity index is 2.15. The lowest BCUT2D eigenvalue weighted by molar-refractivity contribution is -0.157. The van der Waals surface area contributed by atoms with Gasteiger partial charge in [0, 0.05) is 12.3 Å². The van der Waals surface area contributed by atoms with Crippen molar-refractivity contribution in [3.8, 4) is 0 Å². The van der Waals surface area contributed by atoms with E-state index in [1.165, 1.54) is 0 Å². The molecule has 12 heavy (non-hydrogen) atoms. The molecule has 0 radical (unpaired) electrons. The Morgan fingerprint density at radius 2 is 2.17 bits per heavy atom. The number of Topliss-reactive ketones (excluding diaryl/α,β-unsaturated/α-hetero) is 1. The van der Waals surface area contributed by atoms with Crippen molar-refractivity contribution in [2.75, 3.05) is 0 Å². The van der Waals surface area contributed by atoms with Gasteiger partial charge in [0.15, 0.2) is 0 Å². The molecule has 68 valence electrons. The zero-order valence-electron chi connectivity index (χ0n) is 7.80. The van der Waals surface area contributed by atoms with Crippen molar-refractivity contribution in [2.24, 2.45) is 5.92 Å². The second kappa shape index (κ2) is 2.56. The van der Waals surface area contributed by atoms with Crippen LogP contribution in [0, 0.1) is 5.92 Å². The molecule has 1 saturated heterocycles. The fourth-order valence-electron chi connectivity index (χ4n) is 2.44. The topological polar surface area (TPSA) is 26.3 Å². The van der Waals surface area contributed by atoms with Crippen LogP contribution in [0.2, 0.25) is 0 Å². The maximum absolute atomic E-state index is 11.6. The highest BCUT2D eigenvalue weighted by Gasteiger charge is 2.43. The molecule has 0 N–H and O–H groups in total. The second-order valence-corrected chi connectivity index (χ2v) is 4.60. The lowest BCUT2D eigenvalue weighted by Crippen LogP contribution is -2.44. The summed E-state index contributed by atoms with van der Waals surface area (Å²) in [4.78, 5) is 11.6. The highest BCUT2D eigenvalue weighted by atomic mass is 16.5. The summed E-state index contributed by atoms with van der Waals surface area (Å²) in [5, 5.41) is 0. The maximum atomic E-state index is 11.6. The molecule has 0 aromatic rings. The monoisotopic (exact) mass is 168 g/mol. The average molecular weight is 168 g/mol. The fraction of sp³-hybridized carbons (Fsp3) is 0.900. The molecule has 0 bridgehead atoms. The number of fused-ring (bicyclic) bond motifs is 1. The van der Waals surface area contributed by atoms with Crippen molar-refractivity contribution in [1.29, 1.82) is 0 Å². The number of carbonyl (C=O) groups is 1. The molecule has 2 aliphatic rings. The van der Waals surface area contributed by atoms with Gasteiger partial charge in [-0.15, -0.1) is 0 Å². The third kappa shape index (κ3) is 1.28. The molecule has 2 fully saturated rings. The molecule has 0 amide bonds. The first kappa shape index (κ1) is 8.24. The summed E-state index contributed by atoms with van der Waals surface area (Å²) in [5.74, 6) is 0.659. The normalized spacial score (nSPS) is 39.7. The van der Waals surface area contributed by atoms with Crippen molar-refractivity contribution >= 4 is 5.78 Å². The van der Waals surface area contributed by atoms with Crippen LogP contribution in [0.4, 0.5) is 0 Å². The second-order valence-electron chi connectivity index (χ2n) is 4.60. The Hall–Kier alpha value is -0.370. The van der Waals surface area contributed by atoms with Gasteiger partial charge in [0.05, 0.1) is 11.7 Å². The molecular weight excluding hydrogens is 152 g/mol. The minimum absolute atomic E-state index is 0.206. The maximum Gasteiger partial charge on any atom is 0.141 e. The minimum Gasteiger partial charge on any atom is -0.371 e. The predicted octanol–water partition coefficient (Wildman–Crippen LogP) is 1.92. The van der Waals surface area contributed by atoms with Gasteiger partial charge < -0.3 is 4.74 Å². The largest absolute Gasteiger partial charge is 0.371 e. The number of rotatable bonds is 0. The van der Waals surface area contributed by atoms with E-state index in [2.05, 4.69) is 0 Å². The van der Waals surface area contributed by atoms with E-state index in [1.54, 1.807) is 0 Å². The number of carbonyl (C=O) groups excluding carboxylic acids is 1. The van der Waals surface area contributed by atoms with Gasteiger partial charge >= 0.3 is 0 Å². The molecular formula is C10H16O2. The molecule has 2 atom stereocenters. The van der Waals surface area contributed by atoms with Gasteiger partial charge in [-0.25, -0.2) is 0 Å². The van der Waals surface area contributed by atoms with Gasteiger partial charge in [0.1, 0.15) is 5.78 Å². The Labute approximate surface area is 73.3 Å². The third-order valence-corrected chi connectivity index (χ3v) is 2.94. The number of hydrogen-bond donors (Lipinski definition) is 0. The Morgan fingerprint density at radius 1 is 1.42 bits per heavy atom. The van der Waals surface area contributed by atoms with E-state index in [9.17, 15) is 4.79 Å². The molecule has 1 aliphatic carbocycles. The van der Waals surface area contributed by atoms with Gasteiger partial charge in [0.2, 0.25) is 0 Å². The van der Waals surface area contributed by atoms with Crippen LogP contribution in [0.15, 0.2) is 0 Å². The highest BCUT2D eigenvalue weighted by Crippen LogP contribution is 2.38. The molecule has 0 aromatic carbocycles. The molecule has 2 heteroatoms. The molecule has 0 aromatic heterocycles. The molecule has 1 heterocycles. The quantitative estimate of drug-likeness (QED) is 0.552. The first-order valence-electron chi connectivity index (χ1n) is 4.79. The number of hydrogen-bond acceptors (Lipinski definition) is 2. The van der Waals surface area contributed by atoms with Gasteiger partial charge in [-0.2, -0.15) is 0 Å². The van der Waals surface area contributed by atoms with E-state index in [1.807, 2.05) is 13.8 Å². The Kier molecular flexibility index (Phi) is 1.76. The number of ether oxygens (including phenoxy) is 1. The van der Waals surface area contributed by atoms with Crippen LogP contribution in [0.25, 0.3) is 0 Å². The molecule has 1 saturated carbocycles. The van der Waals surface area contributed by atoms with Crippen LogP contribution >= 0.6 is 0 Å². The fourth-order valence-corrected chi connectivity index (χ4v) is 2.44. The SMILES string of the molecule is CC1(C)CC(=O)[C@H]2CCC[C@H]2O1. The van der Waals surface area contributed by atoms with Gasteiger partial charge in [-0.1, -0.05) is 6.42 Å². The van der Waals surface area contributed by atoms with Crippen LogP contribution in [0.1, 0.15) is 39.5 Å². The highest BCUT2D eigenvalue weighted by molar-refractivity contribution is 5.83. The van der Waals surface area contributed by atoms with Crippen LogP contribution in [0.3, 0.4) is 0 Å². The minimum atomic E-state index is -0.206.